The molecule has 0 bridgehead atoms. The van der Waals surface area contributed by atoms with Crippen LogP contribution in [0.1, 0.15) is 31.1 Å². The number of thiocarbonyl (C=S) groups is 1. The lowest BCUT2D eigenvalue weighted by Crippen LogP contribution is -2.34. The summed E-state index contributed by atoms with van der Waals surface area (Å²) in [5.74, 6) is 0.412. The van der Waals surface area contributed by atoms with Crippen molar-refractivity contribution < 1.29 is 14.3 Å². The topological polar surface area (TPSA) is 70.7 Å². The van der Waals surface area contributed by atoms with Crippen LogP contribution in [0.4, 0.5) is 11.4 Å². The van der Waals surface area contributed by atoms with Crippen molar-refractivity contribution in [2.75, 3.05) is 23.9 Å². The Morgan fingerprint density at radius 3 is 2.41 bits per heavy atom. The van der Waals surface area contributed by atoms with Crippen molar-refractivity contribution in [2.45, 2.75) is 20.8 Å². The standard InChI is InChI=1S/C21H24BrN3O3S/c1-13(2)12-28-19-10-5-15(22)11-18(19)20(27)24-21(29)23-16-6-8-17(9-7-16)25(4)14(3)26/h5-11,13H,12H2,1-4H3,(H2,23,24,27,29). The van der Waals surface area contributed by atoms with Gasteiger partial charge in [-0.25, -0.2) is 0 Å². The average Bonchev–Trinajstić information content (AvgIpc) is 2.66. The minimum absolute atomic E-state index is 0.0574. The third-order valence-corrected chi connectivity index (χ3v) is 4.67. The summed E-state index contributed by atoms with van der Waals surface area (Å²) in [6.45, 7) is 6.08. The quantitative estimate of drug-likeness (QED) is 0.595. The van der Waals surface area contributed by atoms with Crippen LogP contribution in [-0.2, 0) is 4.79 Å². The number of nitrogens with one attached hydrogen (secondary N) is 2. The highest BCUT2D eigenvalue weighted by Crippen LogP contribution is 2.24. The lowest BCUT2D eigenvalue weighted by atomic mass is 10.2. The van der Waals surface area contributed by atoms with Crippen LogP contribution >= 0.6 is 28.1 Å². The molecule has 0 saturated carbocycles. The van der Waals surface area contributed by atoms with Crippen LogP contribution in [0.15, 0.2) is 46.9 Å². The molecule has 0 fully saturated rings. The summed E-state index contributed by atoms with van der Waals surface area (Å²) in [5.41, 5.74) is 1.85. The molecule has 0 spiro atoms. The van der Waals surface area contributed by atoms with E-state index in [4.69, 9.17) is 17.0 Å². The van der Waals surface area contributed by atoms with Crippen molar-refractivity contribution in [1.29, 1.82) is 0 Å². The Balaban J connectivity index is 2.04. The summed E-state index contributed by atoms with van der Waals surface area (Å²) in [5, 5.41) is 5.80. The first kappa shape index (κ1) is 22.8. The molecule has 0 unspecified atom stereocenters. The molecule has 8 heteroatoms. The molecular formula is C21H24BrN3O3S. The van der Waals surface area contributed by atoms with E-state index in [1.807, 2.05) is 19.9 Å². The van der Waals surface area contributed by atoms with E-state index in [2.05, 4.69) is 26.6 Å². The van der Waals surface area contributed by atoms with Gasteiger partial charge in [0.25, 0.3) is 5.91 Å². The molecule has 0 heterocycles. The Hall–Kier alpha value is -2.45. The van der Waals surface area contributed by atoms with Gasteiger partial charge in [0.15, 0.2) is 5.11 Å². The van der Waals surface area contributed by atoms with Crippen LogP contribution in [0.25, 0.3) is 0 Å². The number of nitrogens with zero attached hydrogens (tertiary/aromatic N) is 1. The van der Waals surface area contributed by atoms with Crippen LogP contribution in [0.5, 0.6) is 5.75 Å². The van der Waals surface area contributed by atoms with Crippen molar-refractivity contribution in [2.24, 2.45) is 5.92 Å². The third-order valence-electron chi connectivity index (χ3n) is 3.97. The zero-order valence-electron chi connectivity index (χ0n) is 16.8. The monoisotopic (exact) mass is 477 g/mol. The summed E-state index contributed by atoms with van der Waals surface area (Å²) in [6.07, 6.45) is 0. The van der Waals surface area contributed by atoms with Gasteiger partial charge in [0, 0.05) is 29.8 Å². The van der Waals surface area contributed by atoms with E-state index in [-0.39, 0.29) is 16.9 Å². The van der Waals surface area contributed by atoms with E-state index in [9.17, 15) is 9.59 Å². The largest absolute Gasteiger partial charge is 0.492 e. The zero-order chi connectivity index (χ0) is 21.6. The van der Waals surface area contributed by atoms with E-state index in [1.165, 1.54) is 11.8 Å². The molecule has 2 amide bonds. The van der Waals surface area contributed by atoms with Crippen molar-refractivity contribution in [3.63, 3.8) is 0 Å². The normalized spacial score (nSPS) is 10.4. The molecule has 2 rings (SSSR count). The fraction of sp³-hybridized carbons (Fsp3) is 0.286. The highest BCUT2D eigenvalue weighted by molar-refractivity contribution is 9.10. The van der Waals surface area contributed by atoms with E-state index in [1.54, 1.807) is 43.4 Å². The Morgan fingerprint density at radius 2 is 1.83 bits per heavy atom. The summed E-state index contributed by atoms with van der Waals surface area (Å²) in [6, 6.07) is 12.4. The Morgan fingerprint density at radius 1 is 1.17 bits per heavy atom. The number of benzene rings is 2. The van der Waals surface area contributed by atoms with Crippen molar-refractivity contribution in [3.8, 4) is 5.75 Å². The number of carbonyl (C=O) groups is 2. The van der Waals surface area contributed by atoms with Crippen LogP contribution < -0.4 is 20.3 Å². The van der Waals surface area contributed by atoms with Crippen molar-refractivity contribution in [1.82, 2.24) is 5.32 Å². The Labute approximate surface area is 184 Å². The predicted molar refractivity (Wildman–Crippen MR) is 124 cm³/mol. The van der Waals surface area contributed by atoms with Gasteiger partial charge in [-0.1, -0.05) is 29.8 Å². The molecule has 0 aliphatic heterocycles. The maximum atomic E-state index is 12.7. The van der Waals surface area contributed by atoms with Gasteiger partial charge in [-0.3, -0.25) is 14.9 Å². The van der Waals surface area contributed by atoms with E-state index < -0.39 is 0 Å². The SMILES string of the molecule is CC(=O)N(C)c1ccc(NC(=S)NC(=O)c2cc(Br)ccc2OCC(C)C)cc1. The second-order valence-corrected chi connectivity index (χ2v) is 8.20. The lowest BCUT2D eigenvalue weighted by molar-refractivity contribution is -0.116. The predicted octanol–water partition coefficient (Wildman–Crippen LogP) is 4.59. The van der Waals surface area contributed by atoms with E-state index in [0.29, 0.717) is 29.5 Å². The van der Waals surface area contributed by atoms with Gasteiger partial charge in [0.05, 0.1) is 12.2 Å². The van der Waals surface area contributed by atoms with Crippen LogP contribution in [0.2, 0.25) is 0 Å². The summed E-state index contributed by atoms with van der Waals surface area (Å²) in [4.78, 5) is 25.7. The number of carbonyl (C=O) groups excluding carboxylic acids is 2. The first-order valence-electron chi connectivity index (χ1n) is 9.06. The lowest BCUT2D eigenvalue weighted by Gasteiger charge is -2.16. The summed E-state index contributed by atoms with van der Waals surface area (Å²) >= 11 is 8.64. The van der Waals surface area contributed by atoms with Crippen LogP contribution in [0, 0.1) is 5.92 Å². The molecular weight excluding hydrogens is 454 g/mol. The Bertz CT molecular complexity index is 901. The van der Waals surface area contributed by atoms with E-state index in [0.717, 1.165) is 10.2 Å². The van der Waals surface area contributed by atoms with Gasteiger partial charge in [0.1, 0.15) is 5.75 Å². The van der Waals surface area contributed by atoms with Gasteiger partial charge < -0.3 is 15.0 Å². The number of halogens is 1. The fourth-order valence-electron chi connectivity index (χ4n) is 2.34. The van der Waals surface area contributed by atoms with Crippen LogP contribution in [-0.4, -0.2) is 30.6 Å². The molecule has 6 nitrogen and oxygen atoms in total. The molecule has 0 saturated heterocycles. The minimum atomic E-state index is -0.365. The number of hydrogen-bond acceptors (Lipinski definition) is 4. The second kappa shape index (κ2) is 10.4. The molecule has 0 aliphatic rings. The van der Waals surface area contributed by atoms with Gasteiger partial charge in [-0.05, 0) is 60.6 Å². The van der Waals surface area contributed by atoms with Gasteiger partial charge in [-0.2, -0.15) is 0 Å². The fourth-order valence-corrected chi connectivity index (χ4v) is 2.92. The molecule has 0 atom stereocenters. The summed E-state index contributed by atoms with van der Waals surface area (Å²) in [7, 11) is 1.70. The minimum Gasteiger partial charge on any atom is -0.492 e. The molecule has 2 aromatic carbocycles. The van der Waals surface area contributed by atoms with Gasteiger partial charge in [-0.15, -0.1) is 0 Å². The van der Waals surface area contributed by atoms with Gasteiger partial charge >= 0.3 is 0 Å². The maximum Gasteiger partial charge on any atom is 0.261 e. The molecule has 29 heavy (non-hydrogen) atoms. The Kier molecular flexibility index (Phi) is 8.16. The van der Waals surface area contributed by atoms with Crippen molar-refractivity contribution >= 4 is 56.4 Å². The number of amides is 2. The molecule has 2 N–H and O–H groups in total. The highest BCUT2D eigenvalue weighted by atomic mass is 79.9. The third kappa shape index (κ3) is 6.83. The summed E-state index contributed by atoms with van der Waals surface area (Å²) < 4.78 is 6.52. The number of rotatable bonds is 6. The van der Waals surface area contributed by atoms with Crippen LogP contribution in [0.3, 0.4) is 0 Å². The maximum absolute atomic E-state index is 12.7. The first-order chi connectivity index (χ1) is 13.7. The highest BCUT2D eigenvalue weighted by Gasteiger charge is 2.15. The van der Waals surface area contributed by atoms with Gasteiger partial charge in [0.2, 0.25) is 5.91 Å². The zero-order valence-corrected chi connectivity index (χ0v) is 19.2. The average molecular weight is 478 g/mol. The number of hydrogen-bond donors (Lipinski definition) is 2. The van der Waals surface area contributed by atoms with Crippen molar-refractivity contribution in [3.05, 3.63) is 52.5 Å². The smallest absolute Gasteiger partial charge is 0.261 e. The molecule has 0 aromatic heterocycles. The van der Waals surface area contributed by atoms with E-state index >= 15 is 0 Å². The molecule has 0 aliphatic carbocycles. The second-order valence-electron chi connectivity index (χ2n) is 6.88. The molecule has 2 aromatic rings. The number of ether oxygens (including phenoxy) is 1. The first-order valence-corrected chi connectivity index (χ1v) is 10.3. The number of anilines is 2. The molecule has 0 radical (unpaired) electrons. The molecule has 154 valence electrons.